The van der Waals surface area contributed by atoms with Crippen LogP contribution in [0.25, 0.3) is 0 Å². The molecule has 0 radical (unpaired) electrons. The Morgan fingerprint density at radius 3 is 2.70 bits per heavy atom. The number of ether oxygens (including phenoxy) is 1. The summed E-state index contributed by atoms with van der Waals surface area (Å²) in [6.07, 6.45) is 0.745. The van der Waals surface area contributed by atoms with Crippen LogP contribution in [0.15, 0.2) is 48.5 Å². The molecule has 122 valence electrons. The van der Waals surface area contributed by atoms with Gasteiger partial charge in [0.1, 0.15) is 17.2 Å². The molecule has 1 aliphatic rings. The van der Waals surface area contributed by atoms with Crippen molar-refractivity contribution < 1.29 is 14.2 Å². The highest BCUT2D eigenvalue weighted by atomic mass is 19.1. The number of hydrogen-bond acceptors (Lipinski definition) is 3. The van der Waals surface area contributed by atoms with E-state index < -0.39 is 5.60 Å². The van der Waals surface area contributed by atoms with E-state index in [0.29, 0.717) is 5.75 Å². The lowest BCUT2D eigenvalue weighted by Crippen LogP contribution is -2.41. The van der Waals surface area contributed by atoms with E-state index in [4.69, 9.17) is 4.74 Å². The highest BCUT2D eigenvalue weighted by Crippen LogP contribution is 2.40. The molecule has 2 N–H and O–H groups in total. The van der Waals surface area contributed by atoms with Crippen LogP contribution in [-0.4, -0.2) is 17.3 Å². The van der Waals surface area contributed by atoms with Crippen molar-refractivity contribution in [3.05, 3.63) is 65.5 Å². The number of aliphatic hydroxyl groups excluding tert-OH is 1. The SMILES string of the molecule is CC1(C)CC(NC(CO)c2ccccc2)c2ccc(F)cc2O1. The molecule has 1 heterocycles. The summed E-state index contributed by atoms with van der Waals surface area (Å²) in [5, 5.41) is 13.3. The molecule has 2 unspecified atom stereocenters. The van der Waals surface area contributed by atoms with Crippen LogP contribution in [0.4, 0.5) is 4.39 Å². The minimum atomic E-state index is -0.394. The van der Waals surface area contributed by atoms with Crippen molar-refractivity contribution in [2.24, 2.45) is 0 Å². The fourth-order valence-electron chi connectivity index (χ4n) is 3.16. The zero-order valence-corrected chi connectivity index (χ0v) is 13.4. The molecule has 0 aliphatic carbocycles. The molecule has 23 heavy (non-hydrogen) atoms. The van der Waals surface area contributed by atoms with Crippen molar-refractivity contribution in [1.29, 1.82) is 0 Å². The topological polar surface area (TPSA) is 41.5 Å². The highest BCUT2D eigenvalue weighted by Gasteiger charge is 2.35. The van der Waals surface area contributed by atoms with Gasteiger partial charge in [-0.25, -0.2) is 4.39 Å². The van der Waals surface area contributed by atoms with Gasteiger partial charge in [-0.15, -0.1) is 0 Å². The van der Waals surface area contributed by atoms with Crippen molar-refractivity contribution >= 4 is 0 Å². The first-order chi connectivity index (χ1) is 11.0. The molecule has 3 nitrogen and oxygen atoms in total. The number of nitrogens with one attached hydrogen (secondary N) is 1. The van der Waals surface area contributed by atoms with E-state index in [1.807, 2.05) is 44.2 Å². The first-order valence-electron chi connectivity index (χ1n) is 7.89. The summed E-state index contributed by atoms with van der Waals surface area (Å²) in [7, 11) is 0. The summed E-state index contributed by atoms with van der Waals surface area (Å²) in [4.78, 5) is 0. The molecule has 0 bridgehead atoms. The number of aliphatic hydroxyl groups is 1. The third kappa shape index (κ3) is 3.54. The molecule has 3 rings (SSSR count). The quantitative estimate of drug-likeness (QED) is 0.903. The third-order valence-corrected chi connectivity index (χ3v) is 4.22. The Morgan fingerprint density at radius 1 is 1.26 bits per heavy atom. The second kappa shape index (κ2) is 6.30. The van der Waals surface area contributed by atoms with Crippen LogP contribution < -0.4 is 10.1 Å². The number of rotatable bonds is 4. The predicted molar refractivity (Wildman–Crippen MR) is 87.9 cm³/mol. The van der Waals surface area contributed by atoms with E-state index in [9.17, 15) is 9.50 Å². The average molecular weight is 315 g/mol. The Labute approximate surface area is 136 Å². The molecule has 2 aromatic rings. The molecule has 0 spiro atoms. The normalized spacial score (nSPS) is 20.4. The van der Waals surface area contributed by atoms with Crippen LogP contribution in [0.2, 0.25) is 0 Å². The van der Waals surface area contributed by atoms with Gasteiger partial charge in [-0.3, -0.25) is 0 Å². The van der Waals surface area contributed by atoms with Crippen LogP contribution in [0, 0.1) is 5.82 Å². The monoisotopic (exact) mass is 315 g/mol. The zero-order valence-electron chi connectivity index (χ0n) is 13.4. The molecular weight excluding hydrogens is 293 g/mol. The van der Waals surface area contributed by atoms with Gasteiger partial charge in [0.15, 0.2) is 0 Å². The molecule has 2 atom stereocenters. The van der Waals surface area contributed by atoms with E-state index in [-0.39, 0.29) is 24.5 Å². The van der Waals surface area contributed by atoms with Crippen molar-refractivity contribution in [1.82, 2.24) is 5.32 Å². The van der Waals surface area contributed by atoms with Crippen molar-refractivity contribution in [3.8, 4) is 5.75 Å². The van der Waals surface area contributed by atoms with Gasteiger partial charge in [0, 0.05) is 24.1 Å². The Hall–Kier alpha value is -1.91. The van der Waals surface area contributed by atoms with Gasteiger partial charge in [0.25, 0.3) is 0 Å². The highest BCUT2D eigenvalue weighted by molar-refractivity contribution is 5.39. The number of hydrogen-bond donors (Lipinski definition) is 2. The summed E-state index contributed by atoms with van der Waals surface area (Å²) < 4.78 is 19.4. The lowest BCUT2D eigenvalue weighted by molar-refractivity contribution is 0.0606. The van der Waals surface area contributed by atoms with E-state index in [1.54, 1.807) is 6.07 Å². The maximum absolute atomic E-state index is 13.5. The average Bonchev–Trinajstić information content (AvgIpc) is 2.51. The van der Waals surface area contributed by atoms with Crippen LogP contribution in [0.1, 0.15) is 43.5 Å². The third-order valence-electron chi connectivity index (χ3n) is 4.22. The molecule has 0 fully saturated rings. The van der Waals surface area contributed by atoms with E-state index in [1.165, 1.54) is 12.1 Å². The first kappa shape index (κ1) is 16.0. The fraction of sp³-hybridized carbons (Fsp3) is 0.368. The standard InChI is InChI=1S/C19H22FNO2/c1-19(2)11-16(15-9-8-14(20)10-18(15)23-19)21-17(12-22)13-6-4-3-5-7-13/h3-10,16-17,21-22H,11-12H2,1-2H3. The molecule has 0 amide bonds. The second-order valence-corrected chi connectivity index (χ2v) is 6.61. The van der Waals surface area contributed by atoms with Gasteiger partial charge in [-0.2, -0.15) is 0 Å². The number of benzene rings is 2. The van der Waals surface area contributed by atoms with Crippen molar-refractivity contribution in [3.63, 3.8) is 0 Å². The maximum atomic E-state index is 13.5. The molecular formula is C19H22FNO2. The van der Waals surface area contributed by atoms with E-state index in [0.717, 1.165) is 17.5 Å². The van der Waals surface area contributed by atoms with Crippen LogP contribution >= 0.6 is 0 Å². The Morgan fingerprint density at radius 2 is 2.00 bits per heavy atom. The minimum Gasteiger partial charge on any atom is -0.487 e. The summed E-state index contributed by atoms with van der Waals surface area (Å²) in [5.74, 6) is 0.269. The summed E-state index contributed by atoms with van der Waals surface area (Å²) in [6.45, 7) is 3.98. The van der Waals surface area contributed by atoms with Crippen LogP contribution in [-0.2, 0) is 0 Å². The second-order valence-electron chi connectivity index (χ2n) is 6.61. The largest absolute Gasteiger partial charge is 0.487 e. The molecule has 4 heteroatoms. The van der Waals surface area contributed by atoms with Gasteiger partial charge in [0.2, 0.25) is 0 Å². The molecule has 1 aliphatic heterocycles. The summed E-state index contributed by atoms with van der Waals surface area (Å²) in [5.41, 5.74) is 1.57. The molecule has 0 saturated heterocycles. The van der Waals surface area contributed by atoms with Gasteiger partial charge >= 0.3 is 0 Å². The smallest absolute Gasteiger partial charge is 0.127 e. The summed E-state index contributed by atoms with van der Waals surface area (Å²) in [6, 6.07) is 14.3. The minimum absolute atomic E-state index is 0.00166. The first-order valence-corrected chi connectivity index (χ1v) is 7.89. The number of halogens is 1. The Kier molecular flexibility index (Phi) is 4.37. The van der Waals surface area contributed by atoms with Gasteiger partial charge in [0.05, 0.1) is 12.6 Å². The van der Waals surface area contributed by atoms with E-state index in [2.05, 4.69) is 5.32 Å². The number of fused-ring (bicyclic) bond motifs is 1. The van der Waals surface area contributed by atoms with Crippen molar-refractivity contribution in [2.75, 3.05) is 6.61 Å². The molecule has 0 aromatic heterocycles. The Balaban J connectivity index is 1.90. The lowest BCUT2D eigenvalue weighted by atomic mass is 9.88. The predicted octanol–water partition coefficient (Wildman–Crippen LogP) is 3.75. The zero-order chi connectivity index (χ0) is 16.4. The summed E-state index contributed by atoms with van der Waals surface area (Å²) >= 11 is 0. The van der Waals surface area contributed by atoms with Crippen LogP contribution in [0.5, 0.6) is 5.75 Å². The lowest BCUT2D eigenvalue weighted by Gasteiger charge is -2.39. The fourth-order valence-corrected chi connectivity index (χ4v) is 3.16. The Bertz CT molecular complexity index is 672. The maximum Gasteiger partial charge on any atom is 0.127 e. The molecule has 2 aromatic carbocycles. The van der Waals surface area contributed by atoms with Crippen molar-refractivity contribution in [2.45, 2.75) is 38.0 Å². The van der Waals surface area contributed by atoms with E-state index >= 15 is 0 Å². The van der Waals surface area contributed by atoms with Gasteiger partial charge in [-0.1, -0.05) is 36.4 Å². The van der Waals surface area contributed by atoms with Gasteiger partial charge < -0.3 is 15.2 Å². The van der Waals surface area contributed by atoms with Crippen LogP contribution in [0.3, 0.4) is 0 Å². The molecule has 0 saturated carbocycles. The van der Waals surface area contributed by atoms with Gasteiger partial charge in [-0.05, 0) is 25.5 Å².